The van der Waals surface area contributed by atoms with E-state index in [-0.39, 0.29) is 24.3 Å². The van der Waals surface area contributed by atoms with E-state index in [0.29, 0.717) is 17.8 Å². The maximum atomic E-state index is 12.6. The summed E-state index contributed by atoms with van der Waals surface area (Å²) in [5.74, 6) is -1.93. The highest BCUT2D eigenvalue weighted by molar-refractivity contribution is 7.12. The van der Waals surface area contributed by atoms with Crippen LogP contribution in [0.3, 0.4) is 0 Å². The van der Waals surface area contributed by atoms with E-state index in [1.807, 2.05) is 13.8 Å². The van der Waals surface area contributed by atoms with Gasteiger partial charge in [0, 0.05) is 13.1 Å². The average Bonchev–Trinajstić information content (AvgIpc) is 3.13. The van der Waals surface area contributed by atoms with Crippen LogP contribution in [0.2, 0.25) is 0 Å². The van der Waals surface area contributed by atoms with Gasteiger partial charge in [-0.2, -0.15) is 0 Å². The summed E-state index contributed by atoms with van der Waals surface area (Å²) >= 11 is 1.32. The molecule has 1 aliphatic rings. The van der Waals surface area contributed by atoms with Crippen molar-refractivity contribution >= 4 is 29.1 Å². The molecule has 22 heavy (non-hydrogen) atoms. The SMILES string of the molecule is CC(C)C(NC(=O)c1cccs1)C(=O)N1CCC(C(=O)O)C1. The van der Waals surface area contributed by atoms with Gasteiger partial charge in [0.15, 0.2) is 0 Å². The Hall–Kier alpha value is -1.89. The molecule has 0 bridgehead atoms. The summed E-state index contributed by atoms with van der Waals surface area (Å²) in [6.07, 6.45) is 0.463. The minimum absolute atomic E-state index is 0.0692. The van der Waals surface area contributed by atoms with E-state index in [9.17, 15) is 14.4 Å². The minimum Gasteiger partial charge on any atom is -0.481 e. The fraction of sp³-hybridized carbons (Fsp3) is 0.533. The van der Waals surface area contributed by atoms with Crippen molar-refractivity contribution in [3.63, 3.8) is 0 Å². The zero-order valence-electron chi connectivity index (χ0n) is 12.6. The molecular weight excluding hydrogens is 304 g/mol. The fourth-order valence-corrected chi connectivity index (χ4v) is 3.12. The fourth-order valence-electron chi connectivity index (χ4n) is 2.49. The lowest BCUT2D eigenvalue weighted by atomic mass is 10.0. The number of aliphatic carboxylic acids is 1. The molecule has 7 heteroatoms. The van der Waals surface area contributed by atoms with Gasteiger partial charge in [-0.3, -0.25) is 14.4 Å². The smallest absolute Gasteiger partial charge is 0.308 e. The highest BCUT2D eigenvalue weighted by Crippen LogP contribution is 2.19. The molecule has 1 aromatic heterocycles. The Kier molecular flexibility index (Phi) is 5.18. The van der Waals surface area contributed by atoms with Crippen LogP contribution >= 0.6 is 11.3 Å². The molecule has 2 N–H and O–H groups in total. The third kappa shape index (κ3) is 3.65. The van der Waals surface area contributed by atoms with Crippen LogP contribution in [-0.2, 0) is 9.59 Å². The molecule has 2 unspecified atom stereocenters. The molecule has 0 aliphatic carbocycles. The van der Waals surface area contributed by atoms with Crippen LogP contribution in [0.4, 0.5) is 0 Å². The summed E-state index contributed by atoms with van der Waals surface area (Å²) < 4.78 is 0. The lowest BCUT2D eigenvalue weighted by Gasteiger charge is -2.26. The monoisotopic (exact) mass is 324 g/mol. The van der Waals surface area contributed by atoms with E-state index in [1.165, 1.54) is 16.2 Å². The van der Waals surface area contributed by atoms with Crippen LogP contribution in [0.5, 0.6) is 0 Å². The summed E-state index contributed by atoms with van der Waals surface area (Å²) in [5.41, 5.74) is 0. The van der Waals surface area contributed by atoms with Gasteiger partial charge in [0.1, 0.15) is 6.04 Å². The normalized spacial score (nSPS) is 19.2. The summed E-state index contributed by atoms with van der Waals surface area (Å²) in [5, 5.41) is 13.6. The van der Waals surface area contributed by atoms with Crippen molar-refractivity contribution in [1.82, 2.24) is 10.2 Å². The number of carbonyl (C=O) groups excluding carboxylic acids is 2. The van der Waals surface area contributed by atoms with Gasteiger partial charge < -0.3 is 15.3 Å². The maximum Gasteiger partial charge on any atom is 0.308 e. The Morgan fingerprint density at radius 3 is 2.64 bits per heavy atom. The van der Waals surface area contributed by atoms with Gasteiger partial charge >= 0.3 is 5.97 Å². The molecule has 2 rings (SSSR count). The van der Waals surface area contributed by atoms with Gasteiger partial charge in [-0.1, -0.05) is 19.9 Å². The van der Waals surface area contributed by atoms with Gasteiger partial charge in [0.25, 0.3) is 5.91 Å². The number of thiophene rings is 1. The van der Waals surface area contributed by atoms with E-state index in [1.54, 1.807) is 17.5 Å². The summed E-state index contributed by atoms with van der Waals surface area (Å²) in [6, 6.07) is 2.85. The van der Waals surface area contributed by atoms with Gasteiger partial charge in [0.05, 0.1) is 10.8 Å². The number of carboxylic acid groups (broad SMARTS) is 1. The van der Waals surface area contributed by atoms with Gasteiger partial charge in [-0.25, -0.2) is 0 Å². The molecule has 1 aromatic rings. The number of nitrogens with one attached hydrogen (secondary N) is 1. The van der Waals surface area contributed by atoms with Crippen LogP contribution in [0.25, 0.3) is 0 Å². The van der Waals surface area contributed by atoms with Gasteiger partial charge in [-0.15, -0.1) is 11.3 Å². The highest BCUT2D eigenvalue weighted by atomic mass is 32.1. The van der Waals surface area contributed by atoms with Crippen LogP contribution in [0.15, 0.2) is 17.5 Å². The molecule has 1 fully saturated rings. The average molecular weight is 324 g/mol. The Morgan fingerprint density at radius 2 is 2.14 bits per heavy atom. The Balaban J connectivity index is 2.03. The third-order valence-electron chi connectivity index (χ3n) is 3.81. The molecule has 6 nitrogen and oxygen atoms in total. The van der Waals surface area contributed by atoms with Crippen molar-refractivity contribution in [3.05, 3.63) is 22.4 Å². The van der Waals surface area contributed by atoms with Crippen LogP contribution in [-0.4, -0.2) is 46.9 Å². The van der Waals surface area contributed by atoms with Crippen molar-refractivity contribution in [2.24, 2.45) is 11.8 Å². The maximum absolute atomic E-state index is 12.6. The topological polar surface area (TPSA) is 86.7 Å². The number of hydrogen-bond acceptors (Lipinski definition) is 4. The zero-order chi connectivity index (χ0) is 16.3. The van der Waals surface area contributed by atoms with Crippen molar-refractivity contribution in [1.29, 1.82) is 0 Å². The van der Waals surface area contributed by atoms with Crippen molar-refractivity contribution in [3.8, 4) is 0 Å². The highest BCUT2D eigenvalue weighted by Gasteiger charge is 2.35. The van der Waals surface area contributed by atoms with Crippen molar-refractivity contribution in [2.45, 2.75) is 26.3 Å². The first-order valence-corrected chi connectivity index (χ1v) is 8.14. The molecule has 2 amide bonds. The van der Waals surface area contributed by atoms with E-state index >= 15 is 0 Å². The summed E-state index contributed by atoms with van der Waals surface area (Å²) in [6.45, 7) is 4.37. The number of carbonyl (C=O) groups is 3. The molecule has 2 heterocycles. The summed E-state index contributed by atoms with van der Waals surface area (Å²) in [7, 11) is 0. The number of carboxylic acids is 1. The van der Waals surface area contributed by atoms with Crippen LogP contribution in [0, 0.1) is 11.8 Å². The van der Waals surface area contributed by atoms with E-state index in [0.717, 1.165) is 0 Å². The quantitative estimate of drug-likeness (QED) is 0.858. The van der Waals surface area contributed by atoms with Crippen molar-refractivity contribution < 1.29 is 19.5 Å². The number of rotatable bonds is 5. The van der Waals surface area contributed by atoms with E-state index in [4.69, 9.17) is 5.11 Å². The summed E-state index contributed by atoms with van der Waals surface area (Å²) in [4.78, 5) is 37.8. The Morgan fingerprint density at radius 1 is 1.41 bits per heavy atom. The number of likely N-dealkylation sites (tertiary alicyclic amines) is 1. The molecule has 0 aromatic carbocycles. The molecule has 2 atom stereocenters. The van der Waals surface area contributed by atoms with Gasteiger partial charge in [0.2, 0.25) is 5.91 Å². The van der Waals surface area contributed by atoms with Crippen molar-refractivity contribution in [2.75, 3.05) is 13.1 Å². The predicted molar refractivity (Wildman–Crippen MR) is 82.7 cm³/mol. The second kappa shape index (κ2) is 6.91. The van der Waals surface area contributed by atoms with E-state index < -0.39 is 17.9 Å². The van der Waals surface area contributed by atoms with Crippen LogP contribution in [0.1, 0.15) is 29.9 Å². The molecule has 0 saturated carbocycles. The minimum atomic E-state index is -0.876. The lowest BCUT2D eigenvalue weighted by Crippen LogP contribution is -2.50. The first kappa shape index (κ1) is 16.5. The Labute approximate surface area is 133 Å². The Bertz CT molecular complexity index is 556. The lowest BCUT2D eigenvalue weighted by molar-refractivity contribution is -0.141. The zero-order valence-corrected chi connectivity index (χ0v) is 13.4. The largest absolute Gasteiger partial charge is 0.481 e. The second-order valence-corrected chi connectivity index (χ2v) is 6.73. The number of hydrogen-bond donors (Lipinski definition) is 2. The number of nitrogens with zero attached hydrogens (tertiary/aromatic N) is 1. The second-order valence-electron chi connectivity index (χ2n) is 5.78. The molecule has 1 saturated heterocycles. The standard InChI is InChI=1S/C15H20N2O4S/c1-9(2)12(16-13(18)11-4-3-7-22-11)14(19)17-6-5-10(8-17)15(20)21/h3-4,7,9-10,12H,5-6,8H2,1-2H3,(H,16,18)(H,20,21). The van der Waals surface area contributed by atoms with E-state index in [2.05, 4.69) is 5.32 Å². The molecular formula is C15H20N2O4S. The first-order valence-electron chi connectivity index (χ1n) is 7.26. The van der Waals surface area contributed by atoms with Crippen LogP contribution < -0.4 is 5.32 Å². The number of amides is 2. The molecule has 0 spiro atoms. The third-order valence-corrected chi connectivity index (χ3v) is 4.68. The molecule has 0 radical (unpaired) electrons. The first-order chi connectivity index (χ1) is 10.4. The predicted octanol–water partition coefficient (Wildman–Crippen LogP) is 1.44. The van der Waals surface area contributed by atoms with Gasteiger partial charge in [-0.05, 0) is 23.8 Å². The molecule has 120 valence electrons. The molecule has 1 aliphatic heterocycles.